The SMILES string of the molecule is C1=CC2=CC(C3=c4ccc5c(c4CC=C3)CC=c3ccccc3=5)=CC2=C1. The molecule has 0 saturated carbocycles. The molecule has 0 unspecified atom stereocenters. The van der Waals surface area contributed by atoms with Crippen LogP contribution in [0.25, 0.3) is 11.6 Å². The maximum Gasteiger partial charge on any atom is -0.00790 e. The standard InChI is InChI=1S/C26H18/c1-2-8-21-17(5-1)11-12-26-23-10-4-9-22(25(23)14-13-24(21)26)20-15-18-6-3-7-19(18)16-20/h1-9,11,13-16H,10,12H2. The third-order valence-corrected chi connectivity index (χ3v) is 5.92. The highest BCUT2D eigenvalue weighted by Crippen LogP contribution is 2.33. The molecule has 122 valence electrons. The van der Waals surface area contributed by atoms with Crippen LogP contribution in [-0.2, 0) is 12.8 Å². The summed E-state index contributed by atoms with van der Waals surface area (Å²) in [6, 6.07) is 13.4. The fourth-order valence-corrected chi connectivity index (χ4v) is 4.68. The molecule has 0 N–H and O–H groups in total. The van der Waals surface area contributed by atoms with Crippen LogP contribution in [-0.4, -0.2) is 0 Å². The van der Waals surface area contributed by atoms with Crippen molar-refractivity contribution >= 4 is 11.6 Å². The Balaban J connectivity index is 1.67. The van der Waals surface area contributed by atoms with E-state index in [1.54, 1.807) is 0 Å². The second-order valence-electron chi connectivity index (χ2n) is 7.31. The van der Waals surface area contributed by atoms with Gasteiger partial charge in [0, 0.05) is 0 Å². The van der Waals surface area contributed by atoms with Gasteiger partial charge in [-0.25, -0.2) is 0 Å². The topological polar surface area (TPSA) is 0 Å². The highest BCUT2D eigenvalue weighted by atomic mass is 14.2. The number of hydrogen-bond acceptors (Lipinski definition) is 0. The van der Waals surface area contributed by atoms with Gasteiger partial charge in [-0.1, -0.05) is 72.9 Å². The Hall–Kier alpha value is -3.12. The first-order valence-corrected chi connectivity index (χ1v) is 9.32. The summed E-state index contributed by atoms with van der Waals surface area (Å²) < 4.78 is 0. The molecule has 0 aliphatic heterocycles. The monoisotopic (exact) mass is 330 g/mol. The third kappa shape index (κ3) is 1.90. The van der Waals surface area contributed by atoms with Crippen LogP contribution in [0.4, 0.5) is 0 Å². The number of benzene rings is 2. The van der Waals surface area contributed by atoms with E-state index < -0.39 is 0 Å². The van der Waals surface area contributed by atoms with Gasteiger partial charge in [0.25, 0.3) is 0 Å². The summed E-state index contributed by atoms with van der Waals surface area (Å²) in [5.41, 5.74) is 8.40. The van der Waals surface area contributed by atoms with Gasteiger partial charge in [-0.05, 0) is 79.3 Å². The molecular formula is C26H18. The van der Waals surface area contributed by atoms with Crippen molar-refractivity contribution in [1.29, 1.82) is 0 Å². The van der Waals surface area contributed by atoms with Gasteiger partial charge in [0.15, 0.2) is 0 Å². The molecule has 0 radical (unpaired) electrons. The van der Waals surface area contributed by atoms with Crippen molar-refractivity contribution in [1.82, 2.24) is 0 Å². The fraction of sp³-hybridized carbons (Fsp3) is 0.0769. The van der Waals surface area contributed by atoms with E-state index in [2.05, 4.69) is 85.0 Å². The first-order valence-electron chi connectivity index (χ1n) is 9.32. The number of hydrogen-bond donors (Lipinski definition) is 0. The molecule has 0 atom stereocenters. The summed E-state index contributed by atoms with van der Waals surface area (Å²) in [5.74, 6) is 0. The van der Waals surface area contributed by atoms with Crippen LogP contribution in [0.3, 0.4) is 0 Å². The summed E-state index contributed by atoms with van der Waals surface area (Å²) in [6.07, 6.45) is 20.3. The summed E-state index contributed by atoms with van der Waals surface area (Å²) >= 11 is 0. The zero-order valence-electron chi connectivity index (χ0n) is 14.5. The Morgan fingerprint density at radius 1 is 0.654 bits per heavy atom. The average molecular weight is 330 g/mol. The van der Waals surface area contributed by atoms with Crippen LogP contribution in [0.2, 0.25) is 0 Å². The average Bonchev–Trinajstić information content (AvgIpc) is 3.29. The molecule has 2 aromatic rings. The molecule has 4 aliphatic carbocycles. The zero-order chi connectivity index (χ0) is 17.1. The number of allylic oxidation sites excluding steroid dienone is 10. The van der Waals surface area contributed by atoms with Gasteiger partial charge in [-0.2, -0.15) is 0 Å². The van der Waals surface area contributed by atoms with Gasteiger partial charge in [0.1, 0.15) is 0 Å². The van der Waals surface area contributed by atoms with Crippen LogP contribution in [0, 0.1) is 10.4 Å². The van der Waals surface area contributed by atoms with Crippen LogP contribution in [0.15, 0.2) is 95.6 Å². The Labute approximate surface area is 152 Å². The lowest BCUT2D eigenvalue weighted by atomic mass is 9.87. The molecular weight excluding hydrogens is 312 g/mol. The first-order chi connectivity index (χ1) is 12.9. The lowest BCUT2D eigenvalue weighted by Crippen LogP contribution is -2.21. The molecule has 0 saturated heterocycles. The van der Waals surface area contributed by atoms with E-state index in [1.807, 2.05) is 0 Å². The van der Waals surface area contributed by atoms with Crippen molar-refractivity contribution < 1.29 is 0 Å². The molecule has 2 aromatic carbocycles. The van der Waals surface area contributed by atoms with Crippen molar-refractivity contribution in [2.45, 2.75) is 12.8 Å². The molecule has 0 nitrogen and oxygen atoms in total. The molecule has 4 aliphatic rings. The lowest BCUT2D eigenvalue weighted by molar-refractivity contribution is 1.10. The van der Waals surface area contributed by atoms with Gasteiger partial charge >= 0.3 is 0 Å². The Bertz CT molecular complexity index is 1350. The smallest absolute Gasteiger partial charge is 0.00790 e. The fourth-order valence-electron chi connectivity index (χ4n) is 4.68. The summed E-state index contributed by atoms with van der Waals surface area (Å²) in [7, 11) is 0. The van der Waals surface area contributed by atoms with Crippen LogP contribution in [0.1, 0.15) is 11.1 Å². The van der Waals surface area contributed by atoms with E-state index >= 15 is 0 Å². The second kappa shape index (κ2) is 5.19. The summed E-state index contributed by atoms with van der Waals surface area (Å²) in [6.45, 7) is 0. The van der Waals surface area contributed by atoms with Crippen LogP contribution >= 0.6 is 0 Å². The Morgan fingerprint density at radius 3 is 2.46 bits per heavy atom. The number of fused-ring (bicyclic) bond motifs is 5. The van der Waals surface area contributed by atoms with Gasteiger partial charge in [0.2, 0.25) is 0 Å². The zero-order valence-corrected chi connectivity index (χ0v) is 14.5. The van der Waals surface area contributed by atoms with E-state index in [0.29, 0.717) is 0 Å². The lowest BCUT2D eigenvalue weighted by Gasteiger charge is -2.17. The maximum absolute atomic E-state index is 2.38. The van der Waals surface area contributed by atoms with Crippen LogP contribution in [0.5, 0.6) is 0 Å². The van der Waals surface area contributed by atoms with Crippen LogP contribution < -0.4 is 10.4 Å². The maximum atomic E-state index is 2.38. The van der Waals surface area contributed by atoms with Crippen molar-refractivity contribution in [2.75, 3.05) is 0 Å². The van der Waals surface area contributed by atoms with E-state index in [1.165, 1.54) is 54.3 Å². The van der Waals surface area contributed by atoms with Gasteiger partial charge in [-0.3, -0.25) is 0 Å². The summed E-state index contributed by atoms with van der Waals surface area (Å²) in [5, 5.41) is 5.56. The quantitative estimate of drug-likeness (QED) is 0.743. The number of rotatable bonds is 1. The van der Waals surface area contributed by atoms with Crippen molar-refractivity contribution in [3.05, 3.63) is 128 Å². The van der Waals surface area contributed by atoms with E-state index in [4.69, 9.17) is 0 Å². The Kier molecular flexibility index (Phi) is 2.81. The molecule has 6 rings (SSSR count). The molecule has 0 bridgehead atoms. The molecule has 0 heterocycles. The largest absolute Gasteiger partial charge is 0.0795 e. The molecule has 0 spiro atoms. The highest BCUT2D eigenvalue weighted by Gasteiger charge is 2.18. The minimum Gasteiger partial charge on any atom is -0.0795 e. The highest BCUT2D eigenvalue weighted by molar-refractivity contribution is 5.84. The second-order valence-corrected chi connectivity index (χ2v) is 7.31. The van der Waals surface area contributed by atoms with E-state index in [-0.39, 0.29) is 0 Å². The summed E-state index contributed by atoms with van der Waals surface area (Å²) in [4.78, 5) is 0. The normalized spacial score (nSPS) is 18.3. The van der Waals surface area contributed by atoms with Gasteiger partial charge < -0.3 is 0 Å². The first kappa shape index (κ1) is 14.1. The van der Waals surface area contributed by atoms with Crippen molar-refractivity contribution in [3.63, 3.8) is 0 Å². The Morgan fingerprint density at radius 2 is 1.50 bits per heavy atom. The third-order valence-electron chi connectivity index (χ3n) is 5.92. The molecule has 26 heavy (non-hydrogen) atoms. The van der Waals surface area contributed by atoms with Gasteiger partial charge in [0.05, 0.1) is 0 Å². The predicted molar refractivity (Wildman–Crippen MR) is 108 cm³/mol. The van der Waals surface area contributed by atoms with Gasteiger partial charge in [-0.15, -0.1) is 0 Å². The predicted octanol–water partition coefficient (Wildman–Crippen LogP) is 3.94. The van der Waals surface area contributed by atoms with Crippen molar-refractivity contribution in [2.24, 2.45) is 0 Å². The van der Waals surface area contributed by atoms with Crippen molar-refractivity contribution in [3.8, 4) is 0 Å². The minimum atomic E-state index is 1.03. The molecule has 0 fully saturated rings. The molecule has 0 heteroatoms. The van der Waals surface area contributed by atoms with E-state index in [0.717, 1.165) is 12.8 Å². The molecule has 0 aromatic heterocycles. The minimum absolute atomic E-state index is 1.03. The molecule has 0 amide bonds. The van der Waals surface area contributed by atoms with E-state index in [9.17, 15) is 0 Å².